The summed E-state index contributed by atoms with van der Waals surface area (Å²) in [7, 11) is 0. The van der Waals surface area contributed by atoms with Crippen LogP contribution in [-0.2, 0) is 12.8 Å². The number of phenolic OH excluding ortho intramolecular Hbond substituents is 1. The van der Waals surface area contributed by atoms with E-state index in [-0.39, 0.29) is 0 Å². The van der Waals surface area contributed by atoms with Crippen LogP contribution in [0.15, 0.2) is 30.3 Å². The Bertz CT molecular complexity index is 675. The number of benzene rings is 2. The number of aryl methyl sites for hydroxylation is 2. The van der Waals surface area contributed by atoms with Crippen LogP contribution >= 0.6 is 0 Å². The fourth-order valence-corrected chi connectivity index (χ4v) is 3.48. The van der Waals surface area contributed by atoms with E-state index >= 15 is 0 Å². The van der Waals surface area contributed by atoms with Gasteiger partial charge in [-0.05, 0) is 43.0 Å². The van der Waals surface area contributed by atoms with Gasteiger partial charge in [-0.2, -0.15) is 0 Å². The summed E-state index contributed by atoms with van der Waals surface area (Å²) < 4.78 is 0. The number of hydrogen-bond donors (Lipinski definition) is 1. The molecule has 2 aliphatic heterocycles. The molecule has 2 aromatic rings. The molecule has 0 atom stereocenters. The first-order valence-electron chi connectivity index (χ1n) is 6.95. The van der Waals surface area contributed by atoms with Gasteiger partial charge in [0.1, 0.15) is 5.75 Å². The normalized spacial score (nSPS) is 15.9. The summed E-state index contributed by atoms with van der Waals surface area (Å²) in [6.45, 7) is 3.18. The standard InChI is InChI=1S/C17H17NO/c1-11-4-6-15-13(9-11)10-14-16(19)7-5-12-3-2-8-18(15)17(12)14/h4-7,9,19H,2-3,8,10H2,1H3. The van der Waals surface area contributed by atoms with Gasteiger partial charge in [-0.15, -0.1) is 0 Å². The molecule has 1 N–H and O–H groups in total. The SMILES string of the molecule is Cc1ccc2c(c1)Cc1c(O)ccc3c1N2CCC3. The topological polar surface area (TPSA) is 23.5 Å². The van der Waals surface area contributed by atoms with Gasteiger partial charge >= 0.3 is 0 Å². The zero-order valence-corrected chi connectivity index (χ0v) is 11.1. The molecular formula is C17H17NO. The summed E-state index contributed by atoms with van der Waals surface area (Å²) in [4.78, 5) is 2.40. The Morgan fingerprint density at radius 1 is 1.11 bits per heavy atom. The summed E-state index contributed by atoms with van der Waals surface area (Å²) >= 11 is 0. The molecule has 0 spiro atoms. The molecule has 0 unspecified atom stereocenters. The number of phenols is 1. The summed E-state index contributed by atoms with van der Waals surface area (Å²) in [5.74, 6) is 0.442. The summed E-state index contributed by atoms with van der Waals surface area (Å²) in [6, 6.07) is 10.6. The number of anilines is 2. The molecule has 2 heterocycles. The quantitative estimate of drug-likeness (QED) is 0.772. The van der Waals surface area contributed by atoms with Crippen LogP contribution in [0.5, 0.6) is 5.75 Å². The van der Waals surface area contributed by atoms with Gasteiger partial charge in [-0.3, -0.25) is 0 Å². The lowest BCUT2D eigenvalue weighted by molar-refractivity contribution is 0.468. The van der Waals surface area contributed by atoms with Crippen molar-refractivity contribution in [1.29, 1.82) is 0 Å². The monoisotopic (exact) mass is 251 g/mol. The van der Waals surface area contributed by atoms with Gasteiger partial charge in [0.15, 0.2) is 0 Å². The molecule has 0 amide bonds. The zero-order valence-electron chi connectivity index (χ0n) is 11.1. The zero-order chi connectivity index (χ0) is 13.0. The van der Waals surface area contributed by atoms with Crippen molar-refractivity contribution in [3.05, 3.63) is 52.6 Å². The van der Waals surface area contributed by atoms with E-state index in [1.807, 2.05) is 6.07 Å². The average molecular weight is 251 g/mol. The molecule has 2 aromatic carbocycles. The number of rotatable bonds is 0. The van der Waals surface area contributed by atoms with Crippen LogP contribution < -0.4 is 4.90 Å². The van der Waals surface area contributed by atoms with Crippen LogP contribution in [0.2, 0.25) is 0 Å². The van der Waals surface area contributed by atoms with Crippen molar-refractivity contribution in [2.75, 3.05) is 11.4 Å². The van der Waals surface area contributed by atoms with Gasteiger partial charge in [0, 0.05) is 24.2 Å². The van der Waals surface area contributed by atoms with Crippen LogP contribution in [0.25, 0.3) is 0 Å². The Morgan fingerprint density at radius 3 is 2.89 bits per heavy atom. The molecule has 4 rings (SSSR count). The Hall–Kier alpha value is -1.96. The van der Waals surface area contributed by atoms with E-state index in [0.717, 1.165) is 24.9 Å². The molecule has 0 fully saturated rings. The highest BCUT2D eigenvalue weighted by molar-refractivity contribution is 5.79. The molecule has 0 aromatic heterocycles. The highest BCUT2D eigenvalue weighted by Gasteiger charge is 2.29. The summed E-state index contributed by atoms with van der Waals surface area (Å²) in [5.41, 5.74) is 7.70. The molecular weight excluding hydrogens is 234 g/mol. The number of aromatic hydroxyl groups is 1. The largest absolute Gasteiger partial charge is 0.508 e. The lowest BCUT2D eigenvalue weighted by Crippen LogP contribution is -2.29. The van der Waals surface area contributed by atoms with Crippen molar-refractivity contribution < 1.29 is 5.11 Å². The fourth-order valence-electron chi connectivity index (χ4n) is 3.48. The predicted octanol–water partition coefficient (Wildman–Crippen LogP) is 3.69. The van der Waals surface area contributed by atoms with E-state index in [2.05, 4.69) is 36.1 Å². The van der Waals surface area contributed by atoms with E-state index in [1.54, 1.807) is 0 Å². The lowest BCUT2D eigenvalue weighted by Gasteiger charge is -2.38. The fraction of sp³-hybridized carbons (Fsp3) is 0.294. The smallest absolute Gasteiger partial charge is 0.121 e. The molecule has 0 radical (unpaired) electrons. The maximum absolute atomic E-state index is 10.2. The van der Waals surface area contributed by atoms with Crippen LogP contribution in [0.1, 0.15) is 28.7 Å². The third kappa shape index (κ3) is 1.49. The molecule has 0 aliphatic carbocycles. The van der Waals surface area contributed by atoms with Gasteiger partial charge in [0.05, 0.1) is 5.69 Å². The Labute approximate surface area is 113 Å². The van der Waals surface area contributed by atoms with Crippen molar-refractivity contribution in [3.8, 4) is 5.75 Å². The average Bonchev–Trinajstić information content (AvgIpc) is 2.42. The molecule has 2 heteroatoms. The Morgan fingerprint density at radius 2 is 2.00 bits per heavy atom. The summed E-state index contributed by atoms with van der Waals surface area (Å²) in [6.07, 6.45) is 3.16. The molecule has 2 aliphatic rings. The van der Waals surface area contributed by atoms with Crippen molar-refractivity contribution in [1.82, 2.24) is 0 Å². The van der Waals surface area contributed by atoms with Crippen LogP contribution in [0.3, 0.4) is 0 Å². The minimum Gasteiger partial charge on any atom is -0.508 e. The second-order valence-corrected chi connectivity index (χ2v) is 5.64. The third-order valence-electron chi connectivity index (χ3n) is 4.33. The van der Waals surface area contributed by atoms with E-state index in [0.29, 0.717) is 5.75 Å². The van der Waals surface area contributed by atoms with Gasteiger partial charge in [0.25, 0.3) is 0 Å². The second kappa shape index (κ2) is 3.77. The lowest BCUT2D eigenvalue weighted by atomic mass is 9.88. The van der Waals surface area contributed by atoms with Crippen LogP contribution in [0.4, 0.5) is 11.4 Å². The van der Waals surface area contributed by atoms with Crippen molar-refractivity contribution in [3.63, 3.8) is 0 Å². The minimum absolute atomic E-state index is 0.442. The van der Waals surface area contributed by atoms with Gasteiger partial charge in [0.2, 0.25) is 0 Å². The van der Waals surface area contributed by atoms with Crippen LogP contribution in [0, 0.1) is 6.92 Å². The number of nitrogens with zero attached hydrogens (tertiary/aromatic N) is 1. The molecule has 2 nitrogen and oxygen atoms in total. The first kappa shape index (κ1) is 10.9. The van der Waals surface area contributed by atoms with Crippen molar-refractivity contribution >= 4 is 11.4 Å². The molecule has 19 heavy (non-hydrogen) atoms. The van der Waals surface area contributed by atoms with Crippen LogP contribution in [-0.4, -0.2) is 11.7 Å². The molecule has 0 saturated heterocycles. The number of hydrogen-bond acceptors (Lipinski definition) is 2. The maximum Gasteiger partial charge on any atom is 0.121 e. The minimum atomic E-state index is 0.442. The highest BCUT2D eigenvalue weighted by atomic mass is 16.3. The third-order valence-corrected chi connectivity index (χ3v) is 4.33. The highest BCUT2D eigenvalue weighted by Crippen LogP contribution is 2.46. The van der Waals surface area contributed by atoms with E-state index < -0.39 is 0 Å². The van der Waals surface area contributed by atoms with E-state index in [1.165, 1.54) is 34.5 Å². The molecule has 0 saturated carbocycles. The predicted molar refractivity (Wildman–Crippen MR) is 77.4 cm³/mol. The first-order chi connectivity index (χ1) is 9.24. The first-order valence-corrected chi connectivity index (χ1v) is 6.95. The maximum atomic E-state index is 10.2. The Balaban J connectivity index is 1.99. The van der Waals surface area contributed by atoms with Crippen molar-refractivity contribution in [2.24, 2.45) is 0 Å². The second-order valence-electron chi connectivity index (χ2n) is 5.64. The van der Waals surface area contributed by atoms with Crippen molar-refractivity contribution in [2.45, 2.75) is 26.2 Å². The molecule has 96 valence electrons. The van der Waals surface area contributed by atoms with E-state index in [9.17, 15) is 5.11 Å². The number of fused-ring (bicyclic) bond motifs is 2. The van der Waals surface area contributed by atoms with E-state index in [4.69, 9.17) is 0 Å². The Kier molecular flexibility index (Phi) is 2.16. The molecule has 0 bridgehead atoms. The summed E-state index contributed by atoms with van der Waals surface area (Å²) in [5, 5.41) is 10.2. The van der Waals surface area contributed by atoms with Gasteiger partial charge in [-0.25, -0.2) is 0 Å². The van der Waals surface area contributed by atoms with Gasteiger partial charge in [-0.1, -0.05) is 23.8 Å². The van der Waals surface area contributed by atoms with Gasteiger partial charge < -0.3 is 10.0 Å².